The lowest BCUT2D eigenvalue weighted by molar-refractivity contribution is -0.193. The summed E-state index contributed by atoms with van der Waals surface area (Å²) in [7, 11) is 0. The molecular weight excluding hydrogens is 2130 g/mol. The molecule has 7 aromatic heterocycles. The molecule has 0 bridgehead atoms. The molecule has 0 radical (unpaired) electrons. The molecule has 149 heavy (non-hydrogen) atoms. The number of aromatic hydroxyl groups is 1. The van der Waals surface area contributed by atoms with Gasteiger partial charge in [-0.05, 0) is 182 Å². The van der Waals surface area contributed by atoms with Crippen molar-refractivity contribution in [2.75, 3.05) is 30.1 Å². The number of amides is 3. The third-order valence-corrected chi connectivity index (χ3v) is 23.8. The van der Waals surface area contributed by atoms with E-state index < -0.39 is 85.1 Å². The summed E-state index contributed by atoms with van der Waals surface area (Å²) in [4.78, 5) is 116. The minimum Gasteiger partial charge on any atom is -0.506 e. The number of carboxylic acid groups (broad SMARTS) is 6. The van der Waals surface area contributed by atoms with Gasteiger partial charge in [0, 0.05) is 53.2 Å². The van der Waals surface area contributed by atoms with Crippen LogP contribution in [0.1, 0.15) is 86.8 Å². The van der Waals surface area contributed by atoms with Crippen molar-refractivity contribution < 1.29 is 174 Å². The number of anilines is 2. The number of hydrogen-bond acceptors (Lipinski definition) is 31. The molecule has 3 atom stereocenters. The Morgan fingerprint density at radius 3 is 1.44 bits per heavy atom. The van der Waals surface area contributed by atoms with E-state index in [-0.39, 0.29) is 78.0 Å². The van der Waals surface area contributed by atoms with Crippen LogP contribution in [-0.2, 0) is 59.2 Å². The zero-order chi connectivity index (χ0) is 112. The normalized spacial score (nSPS) is 11.2. The summed E-state index contributed by atoms with van der Waals surface area (Å²) in [6.45, 7) is 7.32. The number of carbonyl (C=O) groups excluding carboxylic acids is 4. The minimum atomic E-state index is -5.08. The first-order valence-electron chi connectivity index (χ1n) is 41.1. The standard InChI is InChI=1S/C23H18FN3O2S.C18H18N2O3S2.C15H18N4O5S.C14H12N4OS.C12H12N2O3S.4C2HF3O2.CH2O2/c24-15-9-11-16(12-10-15)27-23(28)21(14-5-2-1-3-6-14)29-18-7-4-8-19-17(18)13-20(30-19)22(25)26;1-2-7-22-18(21)16(14-4-3-8-24-14)23-12-5-6-13-11(9-12)10-15(25-13)17(19)20;1-3-23-14(21)18-19(15(22)24-4-2)11-9(20)6-5-8-7-10(13(16)17)25-12(8)11;15-14(16)13-5-9-1-2-11(6-12(9)20-13)19-8-10-7-17-3-4-18-10;1-6(12(15)16)17-8-3-2-4-9-7(8)5-10(18-9)11(13)14;4*3-2(4,5)1(6)7;2-1-3/h1-13,21H,(H3,25,26)(H,27,28);3-6,8-10,16H,2,7H2,1H3,(H3,19,20);5-7,20H,3-4H2,1-2H3,(H3,16,17)(H,18,21);1-7H,8H2,(H3,15,16);2-6H,1H3,(H3,13,14)(H,15,16);4*(H,6,7);1H,(H,2,3). The smallest absolute Gasteiger partial charge is 0.490 e. The number of carboxylic acids is 5. The second-order valence-electron chi connectivity index (χ2n) is 28.1. The van der Waals surface area contributed by atoms with E-state index in [2.05, 4.69) is 20.7 Å². The van der Waals surface area contributed by atoms with Crippen LogP contribution in [0.25, 0.3) is 50.4 Å². The minimum absolute atomic E-state index is 0.00608. The van der Waals surface area contributed by atoms with E-state index >= 15 is 0 Å². The summed E-state index contributed by atoms with van der Waals surface area (Å²) in [5.74, 6) is -11.1. The maximum atomic E-state index is 13.2. The number of benzene rings is 7. The summed E-state index contributed by atoms with van der Waals surface area (Å²) in [6.07, 6.45) is -19.0. The summed E-state index contributed by atoms with van der Waals surface area (Å²) in [5, 5.41) is 102. The number of rotatable bonds is 25. The molecule has 24 N–H and O–H groups in total. The number of nitrogens with two attached hydrogens (primary N) is 5. The lowest BCUT2D eigenvalue weighted by Gasteiger charge is -2.23. The van der Waals surface area contributed by atoms with Crippen molar-refractivity contribution in [3.8, 4) is 28.7 Å². The predicted molar refractivity (Wildman–Crippen MR) is 527 cm³/mol. The number of nitrogen functional groups attached to an aromatic ring is 5. The van der Waals surface area contributed by atoms with Gasteiger partial charge in [0.25, 0.3) is 12.4 Å². The highest BCUT2D eigenvalue weighted by molar-refractivity contribution is 7.22. The van der Waals surface area contributed by atoms with E-state index in [0.29, 0.717) is 71.3 Å². The number of halogens is 13. The van der Waals surface area contributed by atoms with Crippen LogP contribution in [0.2, 0.25) is 0 Å². The molecule has 794 valence electrons. The Balaban J connectivity index is 0.000000307. The summed E-state index contributed by atoms with van der Waals surface area (Å²) < 4.78 is 183. The summed E-state index contributed by atoms with van der Waals surface area (Å²) in [5.41, 5.74) is 31.8. The second kappa shape index (κ2) is 57.5. The monoisotopic (exact) mass is 2210 g/mol. The van der Waals surface area contributed by atoms with Gasteiger partial charge in [-0.15, -0.1) is 68.0 Å². The van der Waals surface area contributed by atoms with E-state index in [1.54, 1.807) is 74.9 Å². The van der Waals surface area contributed by atoms with Crippen molar-refractivity contribution >= 4 is 219 Å². The molecule has 7 aromatic carbocycles. The van der Waals surface area contributed by atoms with Crippen molar-refractivity contribution in [3.63, 3.8) is 0 Å². The Morgan fingerprint density at radius 1 is 0.497 bits per heavy atom. The first-order valence-corrected chi connectivity index (χ1v) is 46.0. The molecule has 0 aliphatic heterocycles. The number of hydrazine groups is 1. The van der Waals surface area contributed by atoms with E-state index in [0.717, 1.165) is 84.3 Å². The van der Waals surface area contributed by atoms with Gasteiger partial charge in [-0.1, -0.05) is 55.5 Å². The number of amidine groups is 5. The quantitative estimate of drug-likeness (QED) is 0.00480. The van der Waals surface area contributed by atoms with Gasteiger partial charge in [-0.3, -0.25) is 46.6 Å². The summed E-state index contributed by atoms with van der Waals surface area (Å²) >= 11 is 8.26. The van der Waals surface area contributed by atoms with Crippen LogP contribution >= 0.6 is 68.0 Å². The molecule has 3 unspecified atom stereocenters. The first kappa shape index (κ1) is 122. The molecule has 3 amide bonds. The van der Waals surface area contributed by atoms with Crippen LogP contribution in [0.5, 0.6) is 28.7 Å². The van der Waals surface area contributed by atoms with Gasteiger partial charge in [0.1, 0.15) is 76.0 Å². The number of ether oxygens (including phenoxy) is 7. The fraction of sp³-hybridized carbons (Fsp3) is 0.176. The van der Waals surface area contributed by atoms with Crippen molar-refractivity contribution in [1.29, 1.82) is 27.0 Å². The lowest BCUT2D eigenvalue weighted by atomic mass is 10.1. The number of phenols is 1. The predicted octanol–water partition coefficient (Wildman–Crippen LogP) is 18.7. The number of aromatic nitrogens is 2. The maximum absolute atomic E-state index is 13.2. The number of alkyl halides is 12. The number of carbonyl (C=O) groups is 10. The number of nitrogens with one attached hydrogen (secondary N) is 7. The Morgan fingerprint density at radius 2 is 0.966 bits per heavy atom. The van der Waals surface area contributed by atoms with E-state index in [1.807, 2.05) is 121 Å². The fourth-order valence-electron chi connectivity index (χ4n) is 10.7. The van der Waals surface area contributed by atoms with E-state index in [4.69, 9.17) is 143 Å². The molecule has 7 heterocycles. The van der Waals surface area contributed by atoms with Gasteiger partial charge in [0.05, 0.1) is 65.7 Å². The molecule has 0 aliphatic rings. The number of esters is 1. The van der Waals surface area contributed by atoms with Gasteiger partial charge in [-0.25, -0.2) is 48.2 Å². The highest BCUT2D eigenvalue weighted by atomic mass is 32.1. The molecule has 14 rings (SSSR count). The van der Waals surface area contributed by atoms with Gasteiger partial charge in [-0.2, -0.15) is 57.7 Å². The molecule has 14 aromatic rings. The number of aliphatic carboxylic acids is 5. The second-order valence-corrected chi connectivity index (χ2v) is 34.4. The van der Waals surface area contributed by atoms with Crippen LogP contribution in [0.3, 0.4) is 0 Å². The molecule has 0 aliphatic carbocycles. The van der Waals surface area contributed by atoms with Crippen LogP contribution < -0.4 is 63.4 Å². The Bertz CT molecular complexity index is 6900. The molecule has 0 saturated carbocycles. The molecular formula is C91H84F13N15O24S6. The molecule has 0 fully saturated rings. The van der Waals surface area contributed by atoms with Crippen molar-refractivity contribution in [2.45, 2.75) is 83.7 Å². The van der Waals surface area contributed by atoms with Gasteiger partial charge < -0.3 is 103 Å². The average molecular weight is 2210 g/mol. The van der Waals surface area contributed by atoms with E-state index in [1.165, 1.54) is 93.9 Å². The topological polar surface area (TPSA) is 679 Å². The van der Waals surface area contributed by atoms with Gasteiger partial charge in [0.2, 0.25) is 12.2 Å². The van der Waals surface area contributed by atoms with Crippen LogP contribution in [-0.4, -0.2) is 186 Å². The first-order chi connectivity index (χ1) is 69.9. The number of fused-ring (bicyclic) bond motifs is 5. The zero-order valence-corrected chi connectivity index (χ0v) is 81.5. The third-order valence-electron chi connectivity index (χ3n) is 17.2. The highest BCUT2D eigenvalue weighted by Gasteiger charge is 2.41. The van der Waals surface area contributed by atoms with Crippen molar-refractivity contribution in [1.82, 2.24) is 15.4 Å². The molecule has 58 heteroatoms. The molecule has 0 saturated heterocycles. The number of thiophene rings is 6. The largest absolute Gasteiger partial charge is 0.506 e. The van der Waals surface area contributed by atoms with Gasteiger partial charge in [0.15, 0.2) is 6.10 Å². The van der Waals surface area contributed by atoms with Crippen molar-refractivity contribution in [2.24, 2.45) is 28.7 Å². The Labute approximate surface area is 854 Å². The van der Waals surface area contributed by atoms with Gasteiger partial charge >= 0.3 is 72.7 Å². The van der Waals surface area contributed by atoms with Crippen LogP contribution in [0.15, 0.2) is 206 Å². The third kappa shape index (κ3) is 39.7. The SMILES string of the molecule is CC(Oc1cccc2sc(C(=N)N)cc12)C(=O)O.CCCOC(=O)C(Oc1ccc2sc(C(=N)N)cc2c1)c1cccs1.CCOC(=O)NN(C(=O)OCC)c1c(O)ccc2cc(C(=N)N)sc12.N=C(N)c1cc2c(OC(C(=O)Nc3ccc(F)cc3)c3ccccc3)cccc2s1.N=C(N)c1cc2ccc(OCc3cnccn3)cc2s1.O=C(O)C(F)(F)F.O=C(O)C(F)(F)F.O=C(O)C(F)(F)F.O=C(O)C(F)(F)F.O=CO. The fourth-order valence-corrected chi connectivity index (χ4v) is 16.2. The highest BCUT2D eigenvalue weighted by Crippen LogP contribution is 2.42. The zero-order valence-electron chi connectivity index (χ0n) is 76.6. The Kier molecular flexibility index (Phi) is 47.2. The lowest BCUT2D eigenvalue weighted by Crippen LogP contribution is -2.47. The maximum Gasteiger partial charge on any atom is 0.490 e. The van der Waals surface area contributed by atoms with E-state index in [9.17, 15) is 86.2 Å². The van der Waals surface area contributed by atoms with Crippen LogP contribution in [0, 0.1) is 32.9 Å². The number of nitrogens with zero attached hydrogens (tertiary/aromatic N) is 3. The van der Waals surface area contributed by atoms with Crippen molar-refractivity contribution in [3.05, 3.63) is 252 Å². The Hall–Kier alpha value is -17.1. The average Bonchev–Trinajstić information content (AvgIpc) is 1.64. The molecule has 0 spiro atoms. The number of phenolic OH excluding ortho intramolecular Hbond substituents is 1. The summed E-state index contributed by atoms with van der Waals surface area (Å²) in [6, 6.07) is 52.6. The molecule has 39 nitrogen and oxygen atoms in total. The number of hydrogen-bond donors (Lipinski definition) is 19. The van der Waals surface area contributed by atoms with Crippen LogP contribution in [0.4, 0.5) is 78.0 Å².